The molecule has 1 aromatic carbocycles. The third-order valence-electron chi connectivity index (χ3n) is 2.90. The molecule has 0 fully saturated rings. The number of hydrogen-bond donors (Lipinski definition) is 1. The average Bonchev–Trinajstić information content (AvgIpc) is 2.94. The number of hydrogen-bond acceptors (Lipinski definition) is 3. The molecule has 0 saturated heterocycles. The molecule has 0 radical (unpaired) electrons. The Bertz CT molecular complexity index is 689. The number of nitrogens with one attached hydrogen (secondary N) is 1. The Morgan fingerprint density at radius 1 is 1.33 bits per heavy atom. The van der Waals surface area contributed by atoms with Gasteiger partial charge in [0.15, 0.2) is 0 Å². The molecule has 0 aliphatic heterocycles. The van der Waals surface area contributed by atoms with E-state index in [2.05, 4.69) is 25.6 Å². The first-order valence-electron chi connectivity index (χ1n) is 6.39. The monoisotopic (exact) mass is 391 g/mol. The van der Waals surface area contributed by atoms with E-state index in [9.17, 15) is 8.42 Å². The Morgan fingerprint density at radius 3 is 2.81 bits per heavy atom. The van der Waals surface area contributed by atoms with Crippen molar-refractivity contribution in [3.63, 3.8) is 0 Å². The van der Waals surface area contributed by atoms with Crippen molar-refractivity contribution in [3.05, 3.63) is 46.4 Å². The number of aromatic nitrogens is 2. The first-order chi connectivity index (χ1) is 9.99. The van der Waals surface area contributed by atoms with Gasteiger partial charge < -0.3 is 4.57 Å². The predicted octanol–water partition coefficient (Wildman–Crippen LogP) is 3.06. The lowest BCUT2D eigenvalue weighted by atomic mass is 10.3. The topological polar surface area (TPSA) is 64.0 Å². The van der Waals surface area contributed by atoms with Crippen molar-refractivity contribution in [2.45, 2.75) is 24.3 Å². The number of halogens is 2. The summed E-state index contributed by atoms with van der Waals surface area (Å²) in [4.78, 5) is 4.15. The standard InChI is InChI=1S/C13H15BrClN3O2S/c14-12-9-11(3-4-13(12)15)21(19,20)17-5-1-2-7-18-8-6-16-10-18/h3-4,6,8-10,17H,1-2,5,7H2. The zero-order valence-corrected chi connectivity index (χ0v) is 14.3. The van der Waals surface area contributed by atoms with Crippen LogP contribution in [0, 0.1) is 0 Å². The minimum atomic E-state index is -3.49. The van der Waals surface area contributed by atoms with Crippen LogP contribution in [0.2, 0.25) is 5.02 Å². The van der Waals surface area contributed by atoms with Crippen molar-refractivity contribution in [2.75, 3.05) is 6.54 Å². The molecular formula is C13H15BrClN3O2S. The SMILES string of the molecule is O=S(=O)(NCCCCn1ccnc1)c1ccc(Cl)c(Br)c1. The van der Waals surface area contributed by atoms with Crippen LogP contribution in [0.5, 0.6) is 0 Å². The Kier molecular flexibility index (Phi) is 5.80. The highest BCUT2D eigenvalue weighted by atomic mass is 79.9. The van der Waals surface area contributed by atoms with Gasteiger partial charge in [-0.2, -0.15) is 0 Å². The van der Waals surface area contributed by atoms with Crippen molar-refractivity contribution in [2.24, 2.45) is 0 Å². The van der Waals surface area contributed by atoms with Crippen LogP contribution < -0.4 is 4.72 Å². The summed E-state index contributed by atoms with van der Waals surface area (Å²) in [5.74, 6) is 0. The van der Waals surface area contributed by atoms with Crippen LogP contribution in [0.3, 0.4) is 0 Å². The van der Waals surface area contributed by atoms with Crippen LogP contribution in [0.15, 0.2) is 46.3 Å². The summed E-state index contributed by atoms with van der Waals surface area (Å²) in [6.45, 7) is 1.23. The molecule has 8 heteroatoms. The van der Waals surface area contributed by atoms with E-state index >= 15 is 0 Å². The lowest BCUT2D eigenvalue weighted by Gasteiger charge is -2.08. The van der Waals surface area contributed by atoms with Gasteiger partial charge in [-0.1, -0.05) is 11.6 Å². The molecule has 1 heterocycles. The van der Waals surface area contributed by atoms with Crippen molar-refractivity contribution >= 4 is 37.6 Å². The summed E-state index contributed by atoms with van der Waals surface area (Å²) in [6.07, 6.45) is 6.99. The van der Waals surface area contributed by atoms with E-state index < -0.39 is 10.0 Å². The van der Waals surface area contributed by atoms with Crippen LogP contribution in [-0.2, 0) is 16.6 Å². The Morgan fingerprint density at radius 2 is 2.14 bits per heavy atom. The molecule has 0 bridgehead atoms. The summed E-state index contributed by atoms with van der Waals surface area (Å²) in [5, 5.41) is 0.481. The van der Waals surface area contributed by atoms with Gasteiger partial charge in [0.2, 0.25) is 10.0 Å². The van der Waals surface area contributed by atoms with Gasteiger partial charge in [0.05, 0.1) is 16.2 Å². The number of rotatable bonds is 7. The zero-order chi connectivity index (χ0) is 15.3. The number of unbranched alkanes of at least 4 members (excludes halogenated alkanes) is 1. The fourth-order valence-corrected chi connectivity index (χ4v) is 3.52. The van der Waals surface area contributed by atoms with Gasteiger partial charge in [-0.3, -0.25) is 0 Å². The van der Waals surface area contributed by atoms with Crippen molar-refractivity contribution in [3.8, 4) is 0 Å². The Balaban J connectivity index is 1.82. The van der Waals surface area contributed by atoms with E-state index in [4.69, 9.17) is 11.6 Å². The molecule has 0 saturated carbocycles. The second-order valence-electron chi connectivity index (χ2n) is 4.48. The second-order valence-corrected chi connectivity index (χ2v) is 7.51. The minimum Gasteiger partial charge on any atom is -0.337 e. The van der Waals surface area contributed by atoms with E-state index in [0.717, 1.165) is 19.4 Å². The number of benzene rings is 1. The van der Waals surface area contributed by atoms with Crippen LogP contribution in [0.4, 0.5) is 0 Å². The lowest BCUT2D eigenvalue weighted by Crippen LogP contribution is -2.25. The molecule has 0 atom stereocenters. The van der Waals surface area contributed by atoms with Crippen molar-refractivity contribution in [1.29, 1.82) is 0 Å². The van der Waals surface area contributed by atoms with E-state index in [1.165, 1.54) is 12.1 Å². The molecule has 21 heavy (non-hydrogen) atoms. The first kappa shape index (κ1) is 16.5. The fraction of sp³-hybridized carbons (Fsp3) is 0.308. The molecule has 0 unspecified atom stereocenters. The Labute approximate surface area is 137 Å². The maximum atomic E-state index is 12.1. The van der Waals surface area contributed by atoms with E-state index in [1.807, 2.05) is 10.8 Å². The quantitative estimate of drug-likeness (QED) is 0.737. The maximum absolute atomic E-state index is 12.1. The summed E-state index contributed by atoms with van der Waals surface area (Å²) in [6, 6.07) is 4.54. The zero-order valence-electron chi connectivity index (χ0n) is 11.2. The summed E-state index contributed by atoms with van der Waals surface area (Å²) < 4.78 is 29.3. The fourth-order valence-electron chi connectivity index (χ4n) is 1.77. The van der Waals surface area contributed by atoms with Crippen LogP contribution in [-0.4, -0.2) is 24.5 Å². The molecule has 1 N–H and O–H groups in total. The molecule has 0 aliphatic carbocycles. The van der Waals surface area contributed by atoms with Crippen LogP contribution >= 0.6 is 27.5 Å². The third kappa shape index (κ3) is 4.81. The van der Waals surface area contributed by atoms with Gasteiger partial charge in [-0.05, 0) is 47.0 Å². The normalized spacial score (nSPS) is 11.7. The van der Waals surface area contributed by atoms with Gasteiger partial charge >= 0.3 is 0 Å². The summed E-state index contributed by atoms with van der Waals surface area (Å²) in [7, 11) is -3.49. The van der Waals surface area contributed by atoms with E-state index in [-0.39, 0.29) is 4.90 Å². The number of nitrogens with zero attached hydrogens (tertiary/aromatic N) is 2. The van der Waals surface area contributed by atoms with Crippen LogP contribution in [0.25, 0.3) is 0 Å². The Hall–Kier alpha value is -0.890. The molecule has 2 rings (SSSR count). The lowest BCUT2D eigenvalue weighted by molar-refractivity contribution is 0.566. The molecule has 0 aliphatic rings. The highest BCUT2D eigenvalue weighted by Crippen LogP contribution is 2.25. The largest absolute Gasteiger partial charge is 0.337 e. The van der Waals surface area contributed by atoms with Gasteiger partial charge in [0, 0.05) is 30.0 Å². The van der Waals surface area contributed by atoms with Crippen LogP contribution in [0.1, 0.15) is 12.8 Å². The van der Waals surface area contributed by atoms with Gasteiger partial charge in [0.1, 0.15) is 0 Å². The number of imidazole rings is 1. The van der Waals surface area contributed by atoms with E-state index in [0.29, 0.717) is 16.0 Å². The van der Waals surface area contributed by atoms with Crippen molar-refractivity contribution < 1.29 is 8.42 Å². The van der Waals surface area contributed by atoms with Gasteiger partial charge in [-0.15, -0.1) is 0 Å². The third-order valence-corrected chi connectivity index (χ3v) is 5.57. The molecule has 0 amide bonds. The smallest absolute Gasteiger partial charge is 0.240 e. The molecular weight excluding hydrogens is 378 g/mol. The van der Waals surface area contributed by atoms with Gasteiger partial charge in [0.25, 0.3) is 0 Å². The first-order valence-corrected chi connectivity index (χ1v) is 9.05. The average molecular weight is 393 g/mol. The molecule has 0 spiro atoms. The number of sulfonamides is 1. The predicted molar refractivity (Wildman–Crippen MR) is 85.8 cm³/mol. The molecule has 114 valence electrons. The molecule has 5 nitrogen and oxygen atoms in total. The number of aryl methyl sites for hydroxylation is 1. The highest BCUT2D eigenvalue weighted by Gasteiger charge is 2.14. The molecule has 2 aromatic rings. The summed E-state index contributed by atoms with van der Waals surface area (Å²) >= 11 is 9.08. The van der Waals surface area contributed by atoms with Crippen molar-refractivity contribution in [1.82, 2.24) is 14.3 Å². The highest BCUT2D eigenvalue weighted by molar-refractivity contribution is 9.10. The maximum Gasteiger partial charge on any atom is 0.240 e. The second kappa shape index (κ2) is 7.40. The minimum absolute atomic E-state index is 0.202. The van der Waals surface area contributed by atoms with E-state index in [1.54, 1.807) is 18.6 Å². The summed E-state index contributed by atoms with van der Waals surface area (Å²) in [5.41, 5.74) is 0. The van der Waals surface area contributed by atoms with Gasteiger partial charge in [-0.25, -0.2) is 18.1 Å². The molecule has 1 aromatic heterocycles.